The van der Waals surface area contributed by atoms with Crippen LogP contribution in [0.25, 0.3) is 11.1 Å². The zero-order valence-electron chi connectivity index (χ0n) is 9.64. The maximum absolute atomic E-state index is 5.81. The summed E-state index contributed by atoms with van der Waals surface area (Å²) in [4.78, 5) is 4.29. The zero-order chi connectivity index (χ0) is 11.5. The number of benzene rings is 1. The van der Waals surface area contributed by atoms with E-state index in [9.17, 15) is 0 Å². The summed E-state index contributed by atoms with van der Waals surface area (Å²) in [5.41, 5.74) is 10.3. The molecule has 0 fully saturated rings. The van der Waals surface area contributed by atoms with Gasteiger partial charge in [-0.2, -0.15) is 0 Å². The average Bonchev–Trinajstić information content (AvgIpc) is 2.30. The number of hydrogen-bond donors (Lipinski definition) is 1. The molecule has 1 aromatic heterocycles. The summed E-state index contributed by atoms with van der Waals surface area (Å²) in [5.74, 6) is 0. The van der Waals surface area contributed by atoms with E-state index in [1.54, 1.807) is 0 Å². The first kappa shape index (κ1) is 10.8. The Morgan fingerprint density at radius 2 is 1.62 bits per heavy atom. The molecule has 1 unspecified atom stereocenters. The molecule has 0 saturated heterocycles. The summed E-state index contributed by atoms with van der Waals surface area (Å²) in [6.45, 7) is 3.98. The fourth-order valence-corrected chi connectivity index (χ4v) is 1.62. The van der Waals surface area contributed by atoms with E-state index in [1.807, 2.05) is 26.1 Å². The number of nitrogens with two attached hydrogens (primary N) is 1. The Labute approximate surface area is 96.1 Å². The van der Waals surface area contributed by atoms with E-state index < -0.39 is 0 Å². The van der Waals surface area contributed by atoms with E-state index in [1.165, 1.54) is 5.56 Å². The van der Waals surface area contributed by atoms with Gasteiger partial charge < -0.3 is 5.73 Å². The molecule has 1 heterocycles. The molecule has 0 spiro atoms. The van der Waals surface area contributed by atoms with Crippen LogP contribution in [0.4, 0.5) is 0 Å². The summed E-state index contributed by atoms with van der Waals surface area (Å²) in [6.07, 6.45) is 1.90. The molecule has 1 atom stereocenters. The Balaban J connectivity index is 2.31. The molecule has 2 nitrogen and oxygen atoms in total. The van der Waals surface area contributed by atoms with Gasteiger partial charge in [0.1, 0.15) is 0 Å². The third-order valence-electron chi connectivity index (χ3n) is 2.68. The molecule has 2 heteroatoms. The quantitative estimate of drug-likeness (QED) is 0.830. The van der Waals surface area contributed by atoms with Gasteiger partial charge in [0.2, 0.25) is 0 Å². The van der Waals surface area contributed by atoms with Crippen molar-refractivity contribution in [3.63, 3.8) is 0 Å². The van der Waals surface area contributed by atoms with Crippen molar-refractivity contribution in [2.24, 2.45) is 5.73 Å². The lowest BCUT2D eigenvalue weighted by Gasteiger charge is -2.07. The molecule has 2 rings (SSSR count). The first-order valence-electron chi connectivity index (χ1n) is 5.45. The molecule has 1 aromatic carbocycles. The van der Waals surface area contributed by atoms with Crippen LogP contribution in [0.3, 0.4) is 0 Å². The number of rotatable bonds is 2. The lowest BCUT2D eigenvalue weighted by Crippen LogP contribution is -2.04. The molecule has 82 valence electrons. The second kappa shape index (κ2) is 4.45. The predicted octanol–water partition coefficient (Wildman–Crippen LogP) is 3.08. The molecule has 0 amide bonds. The van der Waals surface area contributed by atoms with E-state index in [0.29, 0.717) is 0 Å². The van der Waals surface area contributed by atoms with E-state index >= 15 is 0 Å². The minimum atomic E-state index is 0.0881. The monoisotopic (exact) mass is 212 g/mol. The van der Waals surface area contributed by atoms with Crippen molar-refractivity contribution in [2.75, 3.05) is 0 Å². The first-order chi connectivity index (χ1) is 7.66. The number of aromatic nitrogens is 1. The van der Waals surface area contributed by atoms with Gasteiger partial charge in [0, 0.05) is 23.5 Å². The van der Waals surface area contributed by atoms with Crippen LogP contribution in [0, 0.1) is 6.92 Å². The highest BCUT2D eigenvalue weighted by molar-refractivity contribution is 5.62. The number of aryl methyl sites for hydroxylation is 1. The Kier molecular flexibility index (Phi) is 3.02. The molecule has 16 heavy (non-hydrogen) atoms. The summed E-state index contributed by atoms with van der Waals surface area (Å²) in [6, 6.07) is 12.5. The topological polar surface area (TPSA) is 38.9 Å². The van der Waals surface area contributed by atoms with Gasteiger partial charge >= 0.3 is 0 Å². The third-order valence-corrected chi connectivity index (χ3v) is 2.68. The minimum absolute atomic E-state index is 0.0881. The Morgan fingerprint density at radius 3 is 2.12 bits per heavy atom. The van der Waals surface area contributed by atoms with Crippen LogP contribution >= 0.6 is 0 Å². The first-order valence-corrected chi connectivity index (χ1v) is 5.45. The van der Waals surface area contributed by atoms with Crippen LogP contribution in [0.15, 0.2) is 42.6 Å². The van der Waals surface area contributed by atoms with Crippen molar-refractivity contribution < 1.29 is 0 Å². The van der Waals surface area contributed by atoms with Gasteiger partial charge in [0.15, 0.2) is 0 Å². The van der Waals surface area contributed by atoms with E-state index in [4.69, 9.17) is 5.73 Å². The molecular formula is C14H16N2. The van der Waals surface area contributed by atoms with Gasteiger partial charge in [-0.05, 0) is 31.0 Å². The minimum Gasteiger partial charge on any atom is -0.324 e. The third kappa shape index (κ3) is 2.28. The molecule has 0 radical (unpaired) electrons. The molecule has 0 saturated carbocycles. The van der Waals surface area contributed by atoms with Gasteiger partial charge in [0.05, 0.1) is 0 Å². The zero-order valence-corrected chi connectivity index (χ0v) is 9.64. The van der Waals surface area contributed by atoms with E-state index in [2.05, 4.69) is 35.3 Å². The molecule has 0 aliphatic rings. The summed E-state index contributed by atoms with van der Waals surface area (Å²) < 4.78 is 0. The molecule has 2 N–H and O–H groups in total. The van der Waals surface area contributed by atoms with Crippen LogP contribution < -0.4 is 5.73 Å². The van der Waals surface area contributed by atoms with Crippen LogP contribution in [0.1, 0.15) is 24.2 Å². The summed E-state index contributed by atoms with van der Waals surface area (Å²) in [5, 5.41) is 0. The molecule has 0 aliphatic heterocycles. The molecule has 0 aliphatic carbocycles. The van der Waals surface area contributed by atoms with Crippen molar-refractivity contribution in [3.05, 3.63) is 53.9 Å². The molecule has 2 aromatic rings. The highest BCUT2D eigenvalue weighted by Gasteiger charge is 2.01. The SMILES string of the molecule is Cc1ccc(-c2ccc(C(C)N)cc2)cn1. The second-order valence-electron chi connectivity index (χ2n) is 4.10. The number of nitrogens with zero attached hydrogens (tertiary/aromatic N) is 1. The highest BCUT2D eigenvalue weighted by atomic mass is 14.7. The van der Waals surface area contributed by atoms with Gasteiger partial charge in [-0.1, -0.05) is 30.3 Å². The van der Waals surface area contributed by atoms with Crippen LogP contribution in [-0.4, -0.2) is 4.98 Å². The Morgan fingerprint density at radius 1 is 1.00 bits per heavy atom. The molecule has 0 bridgehead atoms. The predicted molar refractivity (Wildman–Crippen MR) is 67.0 cm³/mol. The maximum atomic E-state index is 5.81. The Bertz CT molecular complexity index is 455. The van der Waals surface area contributed by atoms with Gasteiger partial charge in [-0.25, -0.2) is 0 Å². The highest BCUT2D eigenvalue weighted by Crippen LogP contribution is 2.20. The van der Waals surface area contributed by atoms with Crippen molar-refractivity contribution in [1.82, 2.24) is 4.98 Å². The van der Waals surface area contributed by atoms with Crippen molar-refractivity contribution >= 4 is 0 Å². The van der Waals surface area contributed by atoms with Gasteiger partial charge in [-0.15, -0.1) is 0 Å². The van der Waals surface area contributed by atoms with Crippen LogP contribution in [0.2, 0.25) is 0 Å². The largest absolute Gasteiger partial charge is 0.324 e. The fraction of sp³-hybridized carbons (Fsp3) is 0.214. The number of hydrogen-bond acceptors (Lipinski definition) is 2. The number of pyridine rings is 1. The fourth-order valence-electron chi connectivity index (χ4n) is 1.62. The lowest BCUT2D eigenvalue weighted by molar-refractivity contribution is 0.818. The summed E-state index contributed by atoms with van der Waals surface area (Å²) in [7, 11) is 0. The van der Waals surface area contributed by atoms with E-state index in [-0.39, 0.29) is 6.04 Å². The van der Waals surface area contributed by atoms with Crippen LogP contribution in [-0.2, 0) is 0 Å². The maximum Gasteiger partial charge on any atom is 0.0373 e. The van der Waals surface area contributed by atoms with E-state index in [0.717, 1.165) is 16.8 Å². The summed E-state index contributed by atoms with van der Waals surface area (Å²) >= 11 is 0. The average molecular weight is 212 g/mol. The lowest BCUT2D eigenvalue weighted by atomic mass is 10.0. The smallest absolute Gasteiger partial charge is 0.0373 e. The molecular weight excluding hydrogens is 196 g/mol. The van der Waals surface area contributed by atoms with Gasteiger partial charge in [-0.3, -0.25) is 4.98 Å². The second-order valence-corrected chi connectivity index (χ2v) is 4.10. The standard InChI is InChI=1S/C14H16N2/c1-10-3-4-14(9-16-10)13-7-5-12(6-8-13)11(2)15/h3-9,11H,15H2,1-2H3. The van der Waals surface area contributed by atoms with Gasteiger partial charge in [0.25, 0.3) is 0 Å². The normalized spacial score (nSPS) is 12.4. The van der Waals surface area contributed by atoms with Crippen molar-refractivity contribution in [2.45, 2.75) is 19.9 Å². The van der Waals surface area contributed by atoms with Crippen molar-refractivity contribution in [1.29, 1.82) is 0 Å². The van der Waals surface area contributed by atoms with Crippen molar-refractivity contribution in [3.8, 4) is 11.1 Å². The van der Waals surface area contributed by atoms with Crippen LogP contribution in [0.5, 0.6) is 0 Å². The Hall–Kier alpha value is -1.67.